The molecule has 1 atom stereocenters. The summed E-state index contributed by atoms with van der Waals surface area (Å²) in [7, 11) is -0.262. The van der Waals surface area contributed by atoms with Crippen LogP contribution < -0.4 is 26.6 Å². The number of nitrogens with zero attached hydrogens (tertiary/aromatic N) is 3. The Kier molecular flexibility index (Phi) is 16.5. The lowest BCUT2D eigenvalue weighted by molar-refractivity contribution is -0.123. The van der Waals surface area contributed by atoms with Crippen LogP contribution in [0, 0.1) is 5.92 Å². The molecule has 5 aromatic rings. The number of carbonyl (C=O) groups is 4. The maximum absolute atomic E-state index is 14.9. The van der Waals surface area contributed by atoms with Gasteiger partial charge in [-0.25, -0.2) is 14.2 Å². The Labute approximate surface area is 383 Å². The molecule has 346 valence electrons. The molecule has 2 heterocycles. The van der Waals surface area contributed by atoms with Crippen molar-refractivity contribution in [1.82, 2.24) is 19.4 Å². The average molecular weight is 904 g/mol. The van der Waals surface area contributed by atoms with E-state index < -0.39 is 42.6 Å². The van der Waals surface area contributed by atoms with Gasteiger partial charge in [-0.2, -0.15) is 0 Å². The Balaban J connectivity index is 1.42. The molecule has 5 rings (SSSR count). The Morgan fingerprint density at radius 3 is 2.08 bits per heavy atom. The molecule has 3 amide bonds. The molecule has 0 aliphatic carbocycles. The van der Waals surface area contributed by atoms with E-state index in [0.29, 0.717) is 24.5 Å². The van der Waals surface area contributed by atoms with Crippen LogP contribution in [-0.4, -0.2) is 85.3 Å². The zero-order valence-corrected chi connectivity index (χ0v) is 40.5. The highest BCUT2D eigenvalue weighted by Crippen LogP contribution is 2.39. The minimum absolute atomic E-state index is 0.0212. The lowest BCUT2D eigenvalue weighted by atomic mass is 10.0. The van der Waals surface area contributed by atoms with Crippen molar-refractivity contribution in [1.29, 1.82) is 0 Å². The van der Waals surface area contributed by atoms with Gasteiger partial charge in [0.1, 0.15) is 17.9 Å². The Bertz CT molecular complexity index is 2480. The number of alkyl carbamates (subject to hydrolysis) is 1. The van der Waals surface area contributed by atoms with E-state index in [0.717, 1.165) is 33.3 Å². The molecule has 14 heteroatoms. The highest BCUT2D eigenvalue weighted by molar-refractivity contribution is 7.01. The number of anilines is 1. The van der Waals surface area contributed by atoms with Crippen LogP contribution in [0.3, 0.4) is 0 Å². The summed E-state index contributed by atoms with van der Waals surface area (Å²) in [5.41, 5.74) is 1.13. The number of hydrogen-bond acceptors (Lipinski definition) is 8. The van der Waals surface area contributed by atoms with Crippen molar-refractivity contribution < 1.29 is 33.1 Å². The fourth-order valence-electron chi connectivity index (χ4n) is 7.90. The second kappa shape index (κ2) is 21.6. The Hall–Kier alpha value is -6.25. The van der Waals surface area contributed by atoms with E-state index in [2.05, 4.69) is 24.5 Å². The highest BCUT2D eigenvalue weighted by Gasteiger charge is 2.57. The predicted octanol–water partition coefficient (Wildman–Crippen LogP) is 7.87. The maximum atomic E-state index is 14.9. The lowest BCUT2D eigenvalue weighted by Gasteiger charge is -2.43. The summed E-state index contributed by atoms with van der Waals surface area (Å²) in [4.78, 5) is 69.4. The predicted molar refractivity (Wildman–Crippen MR) is 259 cm³/mol. The minimum atomic E-state index is -3.63. The largest absolute Gasteiger partial charge is 0.447 e. The van der Waals surface area contributed by atoms with Gasteiger partial charge < -0.3 is 34.0 Å². The topological polar surface area (TPSA) is 150 Å². The second-order valence-electron chi connectivity index (χ2n) is 18.5. The number of ether oxygens (including phenoxy) is 2. The third kappa shape index (κ3) is 12.3. The van der Waals surface area contributed by atoms with Crippen LogP contribution in [0.25, 0.3) is 10.9 Å². The van der Waals surface area contributed by atoms with Crippen molar-refractivity contribution in [2.24, 2.45) is 5.92 Å². The van der Waals surface area contributed by atoms with Crippen molar-refractivity contribution in [3.8, 4) is 0 Å². The van der Waals surface area contributed by atoms with Gasteiger partial charge in [0, 0.05) is 31.7 Å². The molecule has 0 radical (unpaired) electrons. The van der Waals surface area contributed by atoms with Crippen molar-refractivity contribution in [2.75, 3.05) is 32.6 Å². The number of fused-ring (bicyclic) bond motifs is 1. The highest BCUT2D eigenvalue weighted by atomic mass is 28.4. The third-order valence-corrected chi connectivity index (χ3v) is 16.0. The molecule has 13 nitrogen and oxygen atoms in total. The Morgan fingerprint density at radius 1 is 0.831 bits per heavy atom. The summed E-state index contributed by atoms with van der Waals surface area (Å²) < 4.78 is 21.5. The van der Waals surface area contributed by atoms with Gasteiger partial charge in [-0.15, -0.1) is 0 Å². The average Bonchev–Trinajstić information content (AvgIpc) is 3.62. The quantitative estimate of drug-likeness (QED) is 0.0513. The number of hydrogen-bond donors (Lipinski definition) is 2. The molecular formula is C51H65N5O8Si. The van der Waals surface area contributed by atoms with Crippen LogP contribution in [0.15, 0.2) is 120 Å². The van der Waals surface area contributed by atoms with Gasteiger partial charge in [-0.05, 0) is 93.1 Å². The van der Waals surface area contributed by atoms with E-state index in [1.807, 2.05) is 126 Å². The summed E-state index contributed by atoms with van der Waals surface area (Å²) >= 11 is 0. The summed E-state index contributed by atoms with van der Waals surface area (Å²) in [5.74, 6) is -0.221. The number of nitrogens with one attached hydrogen (secondary N) is 2. The van der Waals surface area contributed by atoms with Crippen molar-refractivity contribution in [3.05, 3.63) is 137 Å². The molecule has 0 fully saturated rings. The number of carbonyl (C=O) groups excluding carboxylic acids is 4. The number of likely N-dealkylation sites (N-methyl/N-ethyl adjacent to an activating group) is 1. The van der Waals surface area contributed by atoms with Gasteiger partial charge in [0.25, 0.3) is 13.9 Å². The number of amides is 3. The number of allylic oxidation sites excluding steroid dienone is 1. The molecule has 1 unspecified atom stereocenters. The van der Waals surface area contributed by atoms with E-state index in [1.165, 1.54) is 15.5 Å². The molecule has 2 aromatic heterocycles. The standard InChI is InChI=1S/C51H65N5O8Si/c1-36(2)33-38-22-19-23-39-34-40(56(45(38)39)49(61)64-50(4,5)6)35-55-30-20-28-43(46(55)58)53-47(59)51(7,8)65(41-24-13-11-14-25-41,42-26-15-12-16-27-42)63-32-31-62-48(60)52-37(3)21-17-18-29-44(57)54(9)10/h11-16,18-20,22-30,34,36-37H,17,21,31-33,35H2,1-10H3,(H,52,60)(H,53,59)/b29-18+. The molecule has 0 spiro atoms. The summed E-state index contributed by atoms with van der Waals surface area (Å²) in [5, 5.41) is 7.01. The van der Waals surface area contributed by atoms with E-state index >= 15 is 0 Å². The maximum Gasteiger partial charge on any atom is 0.419 e. The summed E-state index contributed by atoms with van der Waals surface area (Å²) in [6.45, 7) is 15.1. The molecule has 0 saturated heterocycles. The van der Waals surface area contributed by atoms with E-state index in [1.54, 1.807) is 43.1 Å². The van der Waals surface area contributed by atoms with Gasteiger partial charge >= 0.3 is 12.2 Å². The lowest BCUT2D eigenvalue weighted by Crippen LogP contribution is -2.70. The number of benzene rings is 3. The van der Waals surface area contributed by atoms with Crippen LogP contribution in [0.5, 0.6) is 0 Å². The zero-order valence-electron chi connectivity index (χ0n) is 39.5. The first-order valence-corrected chi connectivity index (χ1v) is 24.1. The van der Waals surface area contributed by atoms with Crippen LogP contribution >= 0.6 is 0 Å². The number of para-hydroxylation sites is 1. The minimum Gasteiger partial charge on any atom is -0.447 e. The Morgan fingerprint density at radius 2 is 1.48 bits per heavy atom. The van der Waals surface area contributed by atoms with E-state index in [4.69, 9.17) is 13.9 Å². The second-order valence-corrected chi connectivity index (χ2v) is 22.5. The monoisotopic (exact) mass is 903 g/mol. The molecule has 2 N–H and O–H groups in total. The van der Waals surface area contributed by atoms with Crippen LogP contribution in [0.4, 0.5) is 15.3 Å². The first kappa shape index (κ1) is 49.8. The molecular weight excluding hydrogens is 839 g/mol. The van der Waals surface area contributed by atoms with Crippen LogP contribution in [-0.2, 0) is 36.5 Å². The van der Waals surface area contributed by atoms with E-state index in [-0.39, 0.29) is 37.4 Å². The molecule has 0 bridgehead atoms. The SMILES string of the molecule is CC(C)Cc1cccc2cc(Cn3cccc(NC(=O)C(C)(C)[Si](OCCOC(=O)NC(C)CC/C=C/C(=O)N(C)C)(c4ccccc4)c4ccccc4)c3=O)n(C(=O)OC(C)(C)C)c12. The third-order valence-electron chi connectivity index (χ3n) is 11.1. The smallest absolute Gasteiger partial charge is 0.419 e. The van der Waals surface area contributed by atoms with Crippen LogP contribution in [0.2, 0.25) is 5.04 Å². The summed E-state index contributed by atoms with van der Waals surface area (Å²) in [6, 6.07) is 30.0. The molecule has 0 saturated carbocycles. The normalized spacial score (nSPS) is 12.6. The molecule has 0 aliphatic heterocycles. The molecule has 3 aromatic carbocycles. The zero-order chi connectivity index (χ0) is 47.5. The number of rotatable bonds is 18. The first-order valence-electron chi connectivity index (χ1n) is 22.2. The fraction of sp³-hybridized carbons (Fsp3) is 0.392. The van der Waals surface area contributed by atoms with Crippen molar-refractivity contribution in [3.63, 3.8) is 0 Å². The fourth-order valence-corrected chi connectivity index (χ4v) is 12.5. The molecule has 65 heavy (non-hydrogen) atoms. The van der Waals surface area contributed by atoms with E-state index in [9.17, 15) is 24.0 Å². The van der Waals surface area contributed by atoms with Crippen molar-refractivity contribution >= 4 is 59.3 Å². The van der Waals surface area contributed by atoms with Gasteiger partial charge in [-0.1, -0.05) is 113 Å². The van der Waals surface area contributed by atoms with Gasteiger partial charge in [0.05, 0.1) is 29.4 Å². The summed E-state index contributed by atoms with van der Waals surface area (Å²) in [6.07, 6.45) is 5.71. The molecule has 0 aliphatic rings. The van der Waals surface area contributed by atoms with Crippen LogP contribution in [0.1, 0.15) is 79.5 Å². The van der Waals surface area contributed by atoms with Gasteiger partial charge in [-0.3, -0.25) is 14.4 Å². The van der Waals surface area contributed by atoms with Gasteiger partial charge in [0.2, 0.25) is 11.8 Å². The van der Waals surface area contributed by atoms with Gasteiger partial charge in [0.15, 0.2) is 0 Å². The van der Waals surface area contributed by atoms with Crippen molar-refractivity contribution in [2.45, 2.75) is 97.9 Å². The first-order chi connectivity index (χ1) is 30.7. The number of pyridine rings is 1. The number of aromatic nitrogens is 2.